The van der Waals surface area contributed by atoms with Gasteiger partial charge < -0.3 is 15.0 Å². The van der Waals surface area contributed by atoms with Crippen molar-refractivity contribution in [2.24, 2.45) is 5.92 Å². The molecule has 26 heavy (non-hydrogen) atoms. The molecule has 1 aliphatic rings. The van der Waals surface area contributed by atoms with Gasteiger partial charge in [0, 0.05) is 51.2 Å². The second-order valence-electron chi connectivity index (χ2n) is 6.85. The van der Waals surface area contributed by atoms with Gasteiger partial charge in [0.15, 0.2) is 0 Å². The van der Waals surface area contributed by atoms with E-state index in [2.05, 4.69) is 39.9 Å². The molecule has 0 atom stereocenters. The molecule has 0 radical (unpaired) electrons. The number of nitrogens with zero attached hydrogens (tertiary/aromatic N) is 4. The first-order valence-corrected chi connectivity index (χ1v) is 9.03. The predicted octanol–water partition coefficient (Wildman–Crippen LogP) is 3.48. The average Bonchev–Trinajstić information content (AvgIpc) is 2.68. The van der Waals surface area contributed by atoms with Crippen molar-refractivity contribution >= 4 is 17.2 Å². The first-order chi connectivity index (χ1) is 12.6. The third kappa shape index (κ3) is 4.19. The minimum absolute atomic E-state index is 0.644. The molecule has 1 aliphatic heterocycles. The molecule has 0 saturated carbocycles. The fourth-order valence-corrected chi connectivity index (χ4v) is 3.22. The lowest BCUT2D eigenvalue weighted by molar-refractivity contribution is 0.0685. The Hall–Kier alpha value is -2.47. The van der Waals surface area contributed by atoms with Crippen LogP contribution in [0.2, 0.25) is 0 Å². The summed E-state index contributed by atoms with van der Waals surface area (Å²) in [4.78, 5) is 15.9. The maximum absolute atomic E-state index is 5.45. The minimum atomic E-state index is 0.644. The molecule has 6 heteroatoms. The summed E-state index contributed by atoms with van der Waals surface area (Å²) in [5.74, 6) is 2.34. The summed E-state index contributed by atoms with van der Waals surface area (Å²) in [5, 5.41) is 3.10. The number of aromatic nitrogens is 3. The quantitative estimate of drug-likeness (QED) is 0.858. The number of pyridine rings is 1. The van der Waals surface area contributed by atoms with Crippen LogP contribution in [-0.2, 0) is 4.74 Å². The van der Waals surface area contributed by atoms with Crippen LogP contribution in [0.4, 0.5) is 11.6 Å². The molecule has 0 unspecified atom stereocenters. The van der Waals surface area contributed by atoms with E-state index in [1.807, 2.05) is 26.4 Å². The number of nitrogens with one attached hydrogen (secondary N) is 1. The van der Waals surface area contributed by atoms with Crippen LogP contribution in [0.15, 0.2) is 31.2 Å². The largest absolute Gasteiger partial charge is 0.381 e. The van der Waals surface area contributed by atoms with E-state index in [0.29, 0.717) is 5.92 Å². The molecule has 2 aromatic heterocycles. The summed E-state index contributed by atoms with van der Waals surface area (Å²) >= 11 is 0. The number of rotatable bonds is 6. The van der Waals surface area contributed by atoms with Crippen molar-refractivity contribution in [1.82, 2.24) is 15.0 Å². The zero-order chi connectivity index (χ0) is 18.5. The molecule has 0 aliphatic carbocycles. The molecular formula is C20H27N5O. The lowest BCUT2D eigenvalue weighted by Gasteiger charge is -2.27. The molecule has 1 fully saturated rings. The highest BCUT2D eigenvalue weighted by atomic mass is 16.5. The van der Waals surface area contributed by atoms with E-state index in [0.717, 1.165) is 66.6 Å². The Bertz CT molecular complexity index is 771. The molecule has 1 saturated heterocycles. The van der Waals surface area contributed by atoms with Gasteiger partial charge in [0.25, 0.3) is 0 Å². The van der Waals surface area contributed by atoms with E-state index in [9.17, 15) is 0 Å². The Balaban J connectivity index is 1.82. The third-order valence-electron chi connectivity index (χ3n) is 4.77. The highest BCUT2D eigenvalue weighted by Gasteiger charge is 2.17. The van der Waals surface area contributed by atoms with Crippen molar-refractivity contribution < 1.29 is 4.74 Å². The molecule has 0 amide bonds. The Kier molecular flexibility index (Phi) is 5.83. The normalized spacial score (nSPS) is 14.9. The van der Waals surface area contributed by atoms with Crippen molar-refractivity contribution in [3.8, 4) is 11.3 Å². The minimum Gasteiger partial charge on any atom is -0.381 e. The zero-order valence-electron chi connectivity index (χ0n) is 15.8. The monoisotopic (exact) mass is 353 g/mol. The smallest absolute Gasteiger partial charge is 0.147 e. The Morgan fingerprint density at radius 2 is 2.08 bits per heavy atom. The molecule has 2 aromatic rings. The van der Waals surface area contributed by atoms with Crippen LogP contribution >= 0.6 is 0 Å². The Morgan fingerprint density at radius 1 is 1.31 bits per heavy atom. The number of hydrogen-bond acceptors (Lipinski definition) is 6. The highest BCUT2D eigenvalue weighted by Crippen LogP contribution is 2.27. The molecule has 0 bridgehead atoms. The molecule has 1 N–H and O–H groups in total. The van der Waals surface area contributed by atoms with Gasteiger partial charge in [-0.1, -0.05) is 6.58 Å². The summed E-state index contributed by atoms with van der Waals surface area (Å²) in [5.41, 5.74) is 3.71. The average molecular weight is 353 g/mol. The number of hydrogen-bond donors (Lipinski definition) is 1. The van der Waals surface area contributed by atoms with E-state index >= 15 is 0 Å². The maximum Gasteiger partial charge on any atom is 0.147 e. The van der Waals surface area contributed by atoms with Gasteiger partial charge >= 0.3 is 0 Å². The molecule has 3 heterocycles. The van der Waals surface area contributed by atoms with Crippen LogP contribution < -0.4 is 10.2 Å². The fourth-order valence-electron chi connectivity index (χ4n) is 3.22. The van der Waals surface area contributed by atoms with E-state index < -0.39 is 0 Å². The summed E-state index contributed by atoms with van der Waals surface area (Å²) < 4.78 is 5.45. The second kappa shape index (κ2) is 8.27. The SMILES string of the molecule is C=C(C)c1cc(-c2cncc(N(C)CC3CCOCC3)n2)cnc1NC. The zero-order valence-corrected chi connectivity index (χ0v) is 15.8. The summed E-state index contributed by atoms with van der Waals surface area (Å²) in [6, 6.07) is 2.06. The summed E-state index contributed by atoms with van der Waals surface area (Å²) in [7, 11) is 3.94. The molecule has 0 aromatic carbocycles. The fraction of sp³-hybridized carbons (Fsp3) is 0.450. The van der Waals surface area contributed by atoms with Crippen molar-refractivity contribution in [1.29, 1.82) is 0 Å². The van der Waals surface area contributed by atoms with Crippen LogP contribution in [0.3, 0.4) is 0 Å². The third-order valence-corrected chi connectivity index (χ3v) is 4.77. The number of ether oxygens (including phenoxy) is 1. The van der Waals surface area contributed by atoms with Crippen LogP contribution in [0.1, 0.15) is 25.3 Å². The van der Waals surface area contributed by atoms with E-state index in [1.54, 1.807) is 6.20 Å². The van der Waals surface area contributed by atoms with Gasteiger partial charge in [-0.25, -0.2) is 9.97 Å². The maximum atomic E-state index is 5.45. The van der Waals surface area contributed by atoms with E-state index in [4.69, 9.17) is 9.72 Å². The lowest BCUT2D eigenvalue weighted by Crippen LogP contribution is -2.30. The van der Waals surface area contributed by atoms with Crippen molar-refractivity contribution in [3.63, 3.8) is 0 Å². The number of allylic oxidation sites excluding steroid dienone is 1. The highest BCUT2D eigenvalue weighted by molar-refractivity contribution is 5.75. The van der Waals surface area contributed by atoms with Crippen molar-refractivity contribution in [3.05, 3.63) is 36.8 Å². The molecule has 3 rings (SSSR count). The van der Waals surface area contributed by atoms with E-state index in [-0.39, 0.29) is 0 Å². The predicted molar refractivity (Wildman–Crippen MR) is 106 cm³/mol. The van der Waals surface area contributed by atoms with Crippen LogP contribution in [-0.4, -0.2) is 48.8 Å². The van der Waals surface area contributed by atoms with Crippen molar-refractivity contribution in [2.45, 2.75) is 19.8 Å². The Labute approximate surface area is 155 Å². The summed E-state index contributed by atoms with van der Waals surface area (Å²) in [6.45, 7) is 8.71. The summed E-state index contributed by atoms with van der Waals surface area (Å²) in [6.07, 6.45) is 7.64. The first kappa shape index (κ1) is 18.3. The molecular weight excluding hydrogens is 326 g/mol. The Morgan fingerprint density at radius 3 is 2.77 bits per heavy atom. The standard InChI is InChI=1S/C20H27N5O/c1-14(2)17-9-16(10-23-20(17)21-3)18-11-22-12-19(24-18)25(4)13-15-5-7-26-8-6-15/h9-12,15H,1,5-8,13H2,2-4H3,(H,21,23). The van der Waals surface area contributed by atoms with Gasteiger partial charge in [0.1, 0.15) is 11.6 Å². The molecule has 0 spiro atoms. The van der Waals surface area contributed by atoms with E-state index in [1.165, 1.54) is 0 Å². The van der Waals surface area contributed by atoms with Crippen molar-refractivity contribution in [2.75, 3.05) is 44.1 Å². The number of anilines is 2. The lowest BCUT2D eigenvalue weighted by atomic mass is 10.00. The van der Waals surface area contributed by atoms with Crippen LogP contribution in [0.5, 0.6) is 0 Å². The molecule has 6 nitrogen and oxygen atoms in total. The first-order valence-electron chi connectivity index (χ1n) is 9.03. The van der Waals surface area contributed by atoms with Gasteiger partial charge in [-0.05, 0) is 37.3 Å². The van der Waals surface area contributed by atoms with Crippen LogP contribution in [0, 0.1) is 5.92 Å². The van der Waals surface area contributed by atoms with Gasteiger partial charge in [-0.2, -0.15) is 0 Å². The van der Waals surface area contributed by atoms with Gasteiger partial charge in [0.05, 0.1) is 18.1 Å². The van der Waals surface area contributed by atoms with Gasteiger partial charge in [0.2, 0.25) is 0 Å². The van der Waals surface area contributed by atoms with Gasteiger partial charge in [-0.3, -0.25) is 4.98 Å². The second-order valence-corrected chi connectivity index (χ2v) is 6.85. The molecule has 138 valence electrons. The van der Waals surface area contributed by atoms with Gasteiger partial charge in [-0.15, -0.1) is 0 Å². The van der Waals surface area contributed by atoms with Crippen LogP contribution in [0.25, 0.3) is 16.8 Å². The topological polar surface area (TPSA) is 63.2 Å².